The van der Waals surface area contributed by atoms with Crippen molar-refractivity contribution in [3.8, 4) is 16.9 Å². The van der Waals surface area contributed by atoms with E-state index in [1.165, 1.54) is 24.3 Å². The van der Waals surface area contributed by atoms with Gasteiger partial charge in [0.05, 0.1) is 17.6 Å². The molecule has 0 aromatic heterocycles. The monoisotopic (exact) mass is 483 g/mol. The van der Waals surface area contributed by atoms with E-state index in [1.807, 2.05) is 4.90 Å². The van der Waals surface area contributed by atoms with E-state index in [0.29, 0.717) is 32.4 Å². The molecule has 1 aliphatic carbocycles. The van der Waals surface area contributed by atoms with E-state index in [9.17, 15) is 26.7 Å². The number of rotatable bonds is 7. The van der Waals surface area contributed by atoms with Crippen LogP contribution in [0, 0.1) is 23.0 Å². The van der Waals surface area contributed by atoms with Crippen LogP contribution in [0.15, 0.2) is 36.4 Å². The summed E-state index contributed by atoms with van der Waals surface area (Å²) in [4.78, 5) is 12.8. The van der Waals surface area contributed by atoms with Gasteiger partial charge in [-0.2, -0.15) is 13.2 Å². The van der Waals surface area contributed by atoms with Crippen LogP contribution in [0.1, 0.15) is 42.5 Å². The number of benzene rings is 2. The molecule has 0 bridgehead atoms. The van der Waals surface area contributed by atoms with Gasteiger partial charge in [-0.25, -0.2) is 13.6 Å². The molecule has 0 atom stereocenters. The molecule has 34 heavy (non-hydrogen) atoms. The van der Waals surface area contributed by atoms with Crippen LogP contribution in [-0.4, -0.2) is 48.4 Å². The Labute approximate surface area is 194 Å². The molecule has 1 saturated heterocycles. The molecule has 1 aliphatic heterocycles. The van der Waals surface area contributed by atoms with Gasteiger partial charge in [-0.15, -0.1) is 0 Å². The number of aromatic carboxylic acids is 1. The first kappa shape index (κ1) is 24.4. The lowest BCUT2D eigenvalue weighted by molar-refractivity contribution is -0.256. The third-order valence-electron chi connectivity index (χ3n) is 7.08. The molecule has 0 radical (unpaired) electrons. The van der Waals surface area contributed by atoms with Crippen molar-refractivity contribution in [1.82, 2.24) is 4.90 Å². The zero-order valence-electron chi connectivity index (χ0n) is 18.5. The fraction of sp³-hybridized carbons (Fsp3) is 0.480. The average molecular weight is 483 g/mol. The second-order valence-electron chi connectivity index (χ2n) is 9.31. The lowest BCUT2D eigenvalue weighted by Gasteiger charge is -2.47. The summed E-state index contributed by atoms with van der Waals surface area (Å²) >= 11 is 0. The maximum absolute atomic E-state index is 14.6. The zero-order chi connectivity index (χ0) is 24.5. The maximum atomic E-state index is 14.6. The van der Waals surface area contributed by atoms with E-state index in [1.54, 1.807) is 0 Å². The summed E-state index contributed by atoms with van der Waals surface area (Å²) in [6.07, 6.45) is -1.81. The van der Waals surface area contributed by atoms with Gasteiger partial charge in [0.25, 0.3) is 0 Å². The summed E-state index contributed by atoms with van der Waals surface area (Å²) in [7, 11) is 0. The van der Waals surface area contributed by atoms with Crippen LogP contribution < -0.4 is 4.74 Å². The van der Waals surface area contributed by atoms with Gasteiger partial charge >= 0.3 is 12.1 Å². The van der Waals surface area contributed by atoms with Crippen LogP contribution in [0.5, 0.6) is 5.75 Å². The van der Waals surface area contributed by atoms with E-state index >= 15 is 0 Å². The Morgan fingerprint density at radius 1 is 1.06 bits per heavy atom. The average Bonchev–Trinajstić information content (AvgIpc) is 2.75. The SMILES string of the molecule is O=C(O)c1ccc(-c2ccc(OCC3CCN(CC4(C(F)(F)F)CCC4)CC3)c(F)c2)c(F)c1. The molecule has 0 amide bonds. The predicted octanol–water partition coefficient (Wildman–Crippen LogP) is 6.15. The second kappa shape index (κ2) is 9.52. The summed E-state index contributed by atoms with van der Waals surface area (Å²) < 4.78 is 74.7. The molecule has 184 valence electrons. The maximum Gasteiger partial charge on any atom is 0.395 e. The van der Waals surface area contributed by atoms with Gasteiger partial charge < -0.3 is 14.7 Å². The standard InChI is InChI=1S/C25H26F5NO3/c26-20-13-18(23(32)33)2-4-19(20)17-3-5-22(21(27)12-17)34-14-16-6-10-31(11-7-16)15-24(8-1-9-24)25(28,29)30/h2-5,12-13,16H,1,6-11,14-15H2,(H,32,33). The number of alkyl halides is 3. The molecule has 2 aliphatic rings. The largest absolute Gasteiger partial charge is 0.490 e. The Balaban J connectivity index is 1.31. The van der Waals surface area contributed by atoms with Crippen molar-refractivity contribution in [2.45, 2.75) is 38.3 Å². The van der Waals surface area contributed by atoms with Gasteiger partial charge in [0, 0.05) is 12.1 Å². The van der Waals surface area contributed by atoms with Crippen molar-refractivity contribution < 1.29 is 36.6 Å². The Hall–Kier alpha value is -2.68. The Bertz CT molecular complexity index is 1040. The minimum atomic E-state index is -4.17. The van der Waals surface area contributed by atoms with Crippen molar-refractivity contribution in [1.29, 1.82) is 0 Å². The number of hydrogen-bond acceptors (Lipinski definition) is 3. The molecule has 2 aromatic rings. The minimum absolute atomic E-state index is 0.0132. The van der Waals surface area contributed by atoms with Crippen LogP contribution >= 0.6 is 0 Å². The van der Waals surface area contributed by atoms with Crippen LogP contribution in [0.25, 0.3) is 11.1 Å². The van der Waals surface area contributed by atoms with Crippen molar-refractivity contribution in [3.05, 3.63) is 53.6 Å². The second-order valence-corrected chi connectivity index (χ2v) is 9.31. The van der Waals surface area contributed by atoms with Crippen LogP contribution in [-0.2, 0) is 0 Å². The summed E-state index contributed by atoms with van der Waals surface area (Å²) in [5.74, 6) is -2.57. The van der Waals surface area contributed by atoms with Crippen molar-refractivity contribution in [2.24, 2.45) is 11.3 Å². The van der Waals surface area contributed by atoms with Gasteiger partial charge in [0.15, 0.2) is 11.6 Å². The third kappa shape index (κ3) is 5.04. The number of hydrogen-bond donors (Lipinski definition) is 1. The molecule has 0 spiro atoms. The molecule has 4 rings (SSSR count). The fourth-order valence-electron chi connectivity index (χ4n) is 4.75. The van der Waals surface area contributed by atoms with E-state index in [2.05, 4.69) is 0 Å². The zero-order valence-corrected chi connectivity index (χ0v) is 18.5. The lowest BCUT2D eigenvalue weighted by Crippen LogP contribution is -2.53. The first-order valence-electron chi connectivity index (χ1n) is 11.3. The first-order chi connectivity index (χ1) is 16.1. The van der Waals surface area contributed by atoms with Crippen LogP contribution in [0.2, 0.25) is 0 Å². The summed E-state index contributed by atoms with van der Waals surface area (Å²) in [6.45, 7) is 1.40. The van der Waals surface area contributed by atoms with Crippen molar-refractivity contribution in [2.75, 3.05) is 26.2 Å². The topological polar surface area (TPSA) is 49.8 Å². The number of nitrogens with zero attached hydrogens (tertiary/aromatic N) is 1. The Kier molecular flexibility index (Phi) is 6.85. The molecular weight excluding hydrogens is 457 g/mol. The number of carboxylic acid groups (broad SMARTS) is 1. The van der Waals surface area contributed by atoms with Gasteiger partial charge in [0.2, 0.25) is 0 Å². The van der Waals surface area contributed by atoms with E-state index in [-0.39, 0.29) is 54.4 Å². The number of carbonyl (C=O) groups is 1. The summed E-state index contributed by atoms with van der Waals surface area (Å²) in [5.41, 5.74) is -1.43. The molecule has 2 aromatic carbocycles. The smallest absolute Gasteiger partial charge is 0.395 e. The van der Waals surface area contributed by atoms with Crippen LogP contribution in [0.3, 0.4) is 0 Å². The number of ether oxygens (including phenoxy) is 1. The molecule has 1 heterocycles. The van der Waals surface area contributed by atoms with E-state index in [4.69, 9.17) is 9.84 Å². The Morgan fingerprint density at radius 3 is 2.29 bits per heavy atom. The molecule has 4 nitrogen and oxygen atoms in total. The number of halogens is 5. The predicted molar refractivity (Wildman–Crippen MR) is 116 cm³/mol. The van der Waals surface area contributed by atoms with Gasteiger partial charge in [0.1, 0.15) is 5.82 Å². The highest BCUT2D eigenvalue weighted by molar-refractivity contribution is 5.88. The minimum Gasteiger partial charge on any atom is -0.490 e. The molecule has 0 unspecified atom stereocenters. The van der Waals surface area contributed by atoms with Crippen molar-refractivity contribution in [3.63, 3.8) is 0 Å². The normalized spacial score (nSPS) is 19.0. The number of likely N-dealkylation sites (tertiary alicyclic amines) is 1. The molecular formula is C25H26F5NO3. The van der Waals surface area contributed by atoms with E-state index in [0.717, 1.165) is 12.1 Å². The molecule has 9 heteroatoms. The lowest BCUT2D eigenvalue weighted by atomic mass is 9.67. The number of piperidine rings is 1. The third-order valence-corrected chi connectivity index (χ3v) is 7.08. The van der Waals surface area contributed by atoms with Gasteiger partial charge in [-0.1, -0.05) is 18.6 Å². The molecule has 1 N–H and O–H groups in total. The van der Waals surface area contributed by atoms with Crippen molar-refractivity contribution >= 4 is 5.97 Å². The summed E-state index contributed by atoms with van der Waals surface area (Å²) in [5, 5.41) is 8.94. The van der Waals surface area contributed by atoms with E-state index < -0.39 is 29.2 Å². The highest BCUT2D eigenvalue weighted by Gasteiger charge is 2.58. The van der Waals surface area contributed by atoms with Crippen LogP contribution in [0.4, 0.5) is 22.0 Å². The highest BCUT2D eigenvalue weighted by Crippen LogP contribution is 2.53. The first-order valence-corrected chi connectivity index (χ1v) is 11.3. The molecule has 2 fully saturated rings. The Morgan fingerprint density at radius 2 is 1.76 bits per heavy atom. The fourth-order valence-corrected chi connectivity index (χ4v) is 4.75. The molecule has 1 saturated carbocycles. The summed E-state index contributed by atoms with van der Waals surface area (Å²) in [6, 6.07) is 7.44. The van der Waals surface area contributed by atoms with Gasteiger partial charge in [-0.3, -0.25) is 0 Å². The number of carboxylic acids is 1. The quantitative estimate of drug-likeness (QED) is 0.480. The highest BCUT2D eigenvalue weighted by atomic mass is 19.4. The van der Waals surface area contributed by atoms with Gasteiger partial charge in [-0.05, 0) is 74.5 Å².